The smallest absolute Gasteiger partial charge is 0.315 e. The summed E-state index contributed by atoms with van der Waals surface area (Å²) in [6.45, 7) is 1.75. The summed E-state index contributed by atoms with van der Waals surface area (Å²) in [4.78, 5) is 18.5. The van der Waals surface area contributed by atoms with Crippen molar-refractivity contribution in [2.45, 2.75) is 32.2 Å². The summed E-state index contributed by atoms with van der Waals surface area (Å²) in [5.74, 6) is 1.53. The van der Waals surface area contributed by atoms with E-state index in [-0.39, 0.29) is 0 Å². The standard InChI is InChI=1S/C26H22N6O.C15H11N5.C11H11NO2/c27-13-1-2-15-33-25-11-5-20(6-12-25)18-30-22-7-9-23(10-8-22)32-24(17-28)16-26(31-32)21-4-3-14-29-19-21;16-9-14-8-15(11-2-1-7-18-10-11)19-20(14)13-5-3-12(17)4-6-13;12-7-1-2-8-14-11-5-3-10(9-13)4-6-11/h3-12,14,16,19,30H,1-2,15,18H2;1-8,10H,17H2;3-6,9H,1-2,8H2/p+1. The zero-order chi connectivity index (χ0) is 47.1. The Morgan fingerprint density at radius 1 is 0.716 bits per heavy atom. The fraction of sp³-hybridized carbons (Fsp3) is 0.135. The Hall–Kier alpha value is -9.57. The summed E-state index contributed by atoms with van der Waals surface area (Å²) in [6, 6.07) is 49.6. The minimum absolute atomic E-state index is 0.462. The van der Waals surface area contributed by atoms with Gasteiger partial charge in [-0.25, -0.2) is 4.68 Å². The molecule has 0 atom stereocenters. The molecule has 0 aliphatic rings. The fourth-order valence-electron chi connectivity index (χ4n) is 6.26. The minimum atomic E-state index is 0.462. The van der Waals surface area contributed by atoms with Crippen LogP contribution in [-0.4, -0.2) is 44.3 Å². The lowest BCUT2D eigenvalue weighted by atomic mass is 10.2. The number of hydrogen-bond acceptors (Lipinski definition) is 12. The third-order valence-electron chi connectivity index (χ3n) is 9.73. The van der Waals surface area contributed by atoms with Gasteiger partial charge in [0.15, 0.2) is 6.07 Å². The number of carbonyl (C=O) groups excluding carboxylic acids is 1. The van der Waals surface area contributed by atoms with Gasteiger partial charge in [0, 0.05) is 90.4 Å². The molecule has 4 aromatic carbocycles. The van der Waals surface area contributed by atoms with Crippen molar-refractivity contribution in [3.63, 3.8) is 0 Å². The van der Waals surface area contributed by atoms with Crippen molar-refractivity contribution in [3.8, 4) is 69.7 Å². The third kappa shape index (κ3) is 14.0. The highest BCUT2D eigenvalue weighted by molar-refractivity contribution is 5.74. The van der Waals surface area contributed by atoms with Crippen molar-refractivity contribution in [2.75, 3.05) is 24.3 Å². The zero-order valence-electron chi connectivity index (χ0n) is 36.4. The number of ether oxygens (including phenoxy) is 2. The van der Waals surface area contributed by atoms with E-state index in [4.69, 9.17) is 25.7 Å². The van der Waals surface area contributed by atoms with Gasteiger partial charge in [-0.15, -0.1) is 0 Å². The van der Waals surface area contributed by atoms with Gasteiger partial charge in [-0.2, -0.15) is 31.2 Å². The lowest BCUT2D eigenvalue weighted by Crippen LogP contribution is -2.35. The Labute approximate surface area is 388 Å². The van der Waals surface area contributed by atoms with Crippen LogP contribution in [0.4, 0.5) is 11.4 Å². The first-order valence-electron chi connectivity index (χ1n) is 21.1. The number of pyridine rings is 2. The van der Waals surface area contributed by atoms with Crippen LogP contribution in [-0.2, 0) is 6.54 Å². The van der Waals surface area contributed by atoms with Crippen molar-refractivity contribution in [2.24, 2.45) is 0 Å². The Balaban J connectivity index is 0.000000184. The van der Waals surface area contributed by atoms with Gasteiger partial charge < -0.3 is 20.5 Å². The molecule has 0 unspecified atom stereocenters. The number of rotatable bonds is 16. The molecular weight excluding hydrogens is 841 g/mol. The van der Waals surface area contributed by atoms with E-state index >= 15 is 0 Å². The molecule has 67 heavy (non-hydrogen) atoms. The monoisotopic (exact) mass is 885 g/mol. The van der Waals surface area contributed by atoms with Crippen LogP contribution in [0.2, 0.25) is 0 Å². The average molecular weight is 886 g/mol. The fourth-order valence-corrected chi connectivity index (χ4v) is 6.26. The number of nitrogen functional groups attached to an aromatic ring is 1. The van der Waals surface area contributed by atoms with Crippen LogP contribution < -0.4 is 25.2 Å². The van der Waals surface area contributed by atoms with Crippen LogP contribution in [0.5, 0.6) is 11.5 Å². The number of anilines is 2. The second kappa shape index (κ2) is 24.9. The van der Waals surface area contributed by atoms with Crippen LogP contribution in [0.15, 0.2) is 158 Å². The second-order valence-electron chi connectivity index (χ2n) is 14.5. The van der Waals surface area contributed by atoms with Gasteiger partial charge in [-0.05, 0) is 115 Å². The maximum atomic E-state index is 10.3. The first-order chi connectivity index (χ1) is 32.9. The molecule has 15 nitrogen and oxygen atoms in total. The van der Waals surface area contributed by atoms with E-state index in [1.165, 1.54) is 0 Å². The number of nitrogens with zero attached hydrogens (tertiary/aromatic N) is 9. The number of aromatic nitrogens is 6. The highest BCUT2D eigenvalue weighted by atomic mass is 16.5. The van der Waals surface area contributed by atoms with Gasteiger partial charge in [0.25, 0.3) is 0 Å². The number of H-pyrrole nitrogens is 1. The summed E-state index contributed by atoms with van der Waals surface area (Å²) < 4.78 is 14.3. The third-order valence-corrected chi connectivity index (χ3v) is 9.73. The van der Waals surface area contributed by atoms with Crippen molar-refractivity contribution in [1.29, 1.82) is 21.0 Å². The van der Waals surface area contributed by atoms with Gasteiger partial charge in [0.1, 0.15) is 35.2 Å². The van der Waals surface area contributed by atoms with E-state index in [2.05, 4.69) is 43.7 Å². The quantitative estimate of drug-likeness (QED) is 0.0357. The predicted octanol–water partition coefficient (Wildman–Crippen LogP) is 9.09. The van der Waals surface area contributed by atoms with E-state index in [0.717, 1.165) is 70.1 Å². The summed E-state index contributed by atoms with van der Waals surface area (Å²) in [6.07, 6.45) is 10.2. The second-order valence-corrected chi connectivity index (χ2v) is 14.5. The van der Waals surface area contributed by atoms with E-state index in [1.54, 1.807) is 82.7 Å². The van der Waals surface area contributed by atoms with Crippen LogP contribution in [0.1, 0.15) is 53.0 Å². The van der Waals surface area contributed by atoms with Crippen molar-refractivity contribution >= 4 is 17.7 Å². The normalized spacial score (nSPS) is 9.97. The Morgan fingerprint density at radius 2 is 1.33 bits per heavy atom. The number of nitriles is 4. The number of benzene rings is 4. The molecule has 0 saturated heterocycles. The average Bonchev–Trinajstić information content (AvgIpc) is 4.04. The first kappa shape index (κ1) is 46.9. The summed E-state index contributed by atoms with van der Waals surface area (Å²) in [7, 11) is 0. The van der Waals surface area contributed by atoms with E-state index in [0.29, 0.717) is 60.9 Å². The maximum Gasteiger partial charge on any atom is 0.315 e. The molecule has 15 heteroatoms. The van der Waals surface area contributed by atoms with E-state index in [1.807, 2.05) is 91.0 Å². The van der Waals surface area contributed by atoms with E-state index in [9.17, 15) is 15.3 Å². The lowest BCUT2D eigenvalue weighted by molar-refractivity contribution is -0.657. The molecule has 0 fully saturated rings. The van der Waals surface area contributed by atoms with Crippen molar-refractivity contribution in [3.05, 3.63) is 181 Å². The molecule has 0 spiro atoms. The SMILES string of the molecule is N#CCCCOc1ccc(C=O)cc1.N#CCCCOc1ccc(CNc2ccc(-n3nc(-c4cccnc4)cc3C#N)cc2)cc1.N#Cc1cc(-c2cccnc2)[nH][n+]1-c1ccc(N)cc1. The molecule has 0 radical (unpaired) electrons. The number of aldehydes is 1. The molecule has 4 heterocycles. The van der Waals surface area contributed by atoms with Gasteiger partial charge >= 0.3 is 5.69 Å². The summed E-state index contributed by atoms with van der Waals surface area (Å²) >= 11 is 0. The molecule has 0 amide bonds. The number of nitrogens with one attached hydrogen (secondary N) is 2. The lowest BCUT2D eigenvalue weighted by Gasteiger charge is -2.10. The number of carbonyl (C=O) groups is 1. The highest BCUT2D eigenvalue weighted by Gasteiger charge is 2.19. The molecule has 330 valence electrons. The van der Waals surface area contributed by atoms with Crippen molar-refractivity contribution < 1.29 is 19.0 Å². The number of aromatic amines is 1. The molecule has 0 saturated carbocycles. The molecule has 0 aliphatic heterocycles. The number of unbranched alkanes of at least 4 members (excludes halogenated alkanes) is 2. The number of nitrogens with two attached hydrogens (primary N) is 1. The number of hydrogen-bond donors (Lipinski definition) is 3. The predicted molar refractivity (Wildman–Crippen MR) is 252 cm³/mol. The maximum absolute atomic E-state index is 10.3. The molecule has 8 rings (SSSR count). The van der Waals surface area contributed by atoms with Crippen LogP contribution in [0.3, 0.4) is 0 Å². The first-order valence-corrected chi connectivity index (χ1v) is 21.1. The zero-order valence-corrected chi connectivity index (χ0v) is 36.4. The highest BCUT2D eigenvalue weighted by Crippen LogP contribution is 2.23. The van der Waals surface area contributed by atoms with Crippen LogP contribution in [0, 0.1) is 45.3 Å². The Morgan fingerprint density at radius 3 is 1.88 bits per heavy atom. The molecule has 0 aliphatic carbocycles. The summed E-state index contributed by atoms with van der Waals surface area (Å²) in [5, 5.41) is 46.8. The molecule has 4 N–H and O–H groups in total. The molecular formula is C52H45N12O3+. The topological polar surface area (TPSA) is 232 Å². The Bertz CT molecular complexity index is 2960. The molecule has 4 aromatic heterocycles. The van der Waals surface area contributed by atoms with Gasteiger partial charge in [0.05, 0.1) is 42.8 Å². The minimum Gasteiger partial charge on any atom is -0.494 e. The molecule has 8 aromatic rings. The van der Waals surface area contributed by atoms with Gasteiger partial charge in [-0.1, -0.05) is 16.8 Å². The van der Waals surface area contributed by atoms with Gasteiger partial charge in [-0.3, -0.25) is 14.8 Å². The van der Waals surface area contributed by atoms with Crippen LogP contribution >= 0.6 is 0 Å². The van der Waals surface area contributed by atoms with Crippen molar-refractivity contribution in [1.82, 2.24) is 24.8 Å². The summed E-state index contributed by atoms with van der Waals surface area (Å²) in [5.41, 5.74) is 15.1. The largest absolute Gasteiger partial charge is 0.494 e. The van der Waals surface area contributed by atoms with Crippen LogP contribution in [0.25, 0.3) is 33.9 Å². The van der Waals surface area contributed by atoms with E-state index < -0.39 is 0 Å². The Kier molecular flexibility index (Phi) is 17.4. The molecule has 0 bridgehead atoms. The van der Waals surface area contributed by atoms with Gasteiger partial charge in [0.2, 0.25) is 5.69 Å².